The molecule has 12 aromatic rings. The monoisotopic (exact) mass is 815 g/mol. The van der Waals surface area contributed by atoms with Gasteiger partial charge in [0.1, 0.15) is 11.2 Å². The molecule has 0 spiro atoms. The SMILES string of the molecule is c1ccc(-c2ccccc2-c2ccccc2-c2ccccc2N(c2ccc(-c3cccc4c3ccc3ccccc34)cc2)c2ccccc2-c2cccc3oc4ccccc4c23)cc1. The predicted octanol–water partition coefficient (Wildman–Crippen LogP) is 17.7. The first-order valence-corrected chi connectivity index (χ1v) is 21.9. The highest BCUT2D eigenvalue weighted by molar-refractivity contribution is 6.15. The zero-order valence-electron chi connectivity index (χ0n) is 35.0. The fraction of sp³-hybridized carbons (Fsp3) is 0. The molecule has 2 heteroatoms. The Kier molecular flexibility index (Phi) is 9.20. The summed E-state index contributed by atoms with van der Waals surface area (Å²) < 4.78 is 6.45. The summed E-state index contributed by atoms with van der Waals surface area (Å²) in [6, 6.07) is 89.7. The molecule has 0 bridgehead atoms. The molecular weight excluding hydrogens is 775 g/mol. The third kappa shape index (κ3) is 6.35. The van der Waals surface area contributed by atoms with E-state index in [4.69, 9.17) is 4.42 Å². The molecule has 12 rings (SSSR count). The summed E-state index contributed by atoms with van der Waals surface area (Å²) >= 11 is 0. The summed E-state index contributed by atoms with van der Waals surface area (Å²) in [5, 5.41) is 7.24. The first kappa shape index (κ1) is 37.3. The van der Waals surface area contributed by atoms with E-state index in [1.54, 1.807) is 0 Å². The number of hydrogen-bond acceptors (Lipinski definition) is 2. The van der Waals surface area contributed by atoms with E-state index in [1.807, 2.05) is 6.07 Å². The van der Waals surface area contributed by atoms with Crippen molar-refractivity contribution >= 4 is 60.5 Å². The van der Waals surface area contributed by atoms with Crippen LogP contribution in [-0.2, 0) is 0 Å². The molecule has 1 aromatic heterocycles. The van der Waals surface area contributed by atoms with E-state index in [-0.39, 0.29) is 0 Å². The van der Waals surface area contributed by atoms with Crippen molar-refractivity contribution in [2.75, 3.05) is 4.90 Å². The summed E-state index contributed by atoms with van der Waals surface area (Å²) in [6.45, 7) is 0. The summed E-state index contributed by atoms with van der Waals surface area (Å²) in [4.78, 5) is 2.45. The zero-order chi connectivity index (χ0) is 42.4. The lowest BCUT2D eigenvalue weighted by molar-refractivity contribution is 0.669. The largest absolute Gasteiger partial charge is 0.456 e. The van der Waals surface area contributed by atoms with E-state index in [1.165, 1.54) is 54.9 Å². The second-order valence-electron chi connectivity index (χ2n) is 16.3. The highest BCUT2D eigenvalue weighted by Crippen LogP contribution is 2.49. The van der Waals surface area contributed by atoms with Crippen molar-refractivity contribution in [2.45, 2.75) is 0 Å². The van der Waals surface area contributed by atoms with Crippen molar-refractivity contribution in [3.8, 4) is 55.6 Å². The van der Waals surface area contributed by atoms with Gasteiger partial charge in [0.15, 0.2) is 0 Å². The normalized spacial score (nSPS) is 11.4. The fourth-order valence-electron chi connectivity index (χ4n) is 9.82. The van der Waals surface area contributed by atoms with Crippen molar-refractivity contribution in [1.82, 2.24) is 0 Å². The van der Waals surface area contributed by atoms with Gasteiger partial charge in [0, 0.05) is 27.6 Å². The molecule has 11 aromatic carbocycles. The average molecular weight is 816 g/mol. The Morgan fingerprint density at radius 3 is 1.48 bits per heavy atom. The molecule has 0 saturated carbocycles. The lowest BCUT2D eigenvalue weighted by Gasteiger charge is -2.30. The van der Waals surface area contributed by atoms with Gasteiger partial charge in [-0.1, -0.05) is 212 Å². The van der Waals surface area contributed by atoms with E-state index in [0.29, 0.717) is 0 Å². The van der Waals surface area contributed by atoms with Crippen LogP contribution in [0.25, 0.3) is 99.1 Å². The number of para-hydroxylation sites is 3. The lowest BCUT2D eigenvalue weighted by Crippen LogP contribution is -2.12. The Balaban J connectivity index is 1.08. The van der Waals surface area contributed by atoms with Crippen LogP contribution in [0.5, 0.6) is 0 Å². The van der Waals surface area contributed by atoms with Crippen LogP contribution in [0.2, 0.25) is 0 Å². The molecular formula is C62H41NO. The van der Waals surface area contributed by atoms with Crippen molar-refractivity contribution < 1.29 is 4.42 Å². The van der Waals surface area contributed by atoms with Gasteiger partial charge in [-0.3, -0.25) is 0 Å². The van der Waals surface area contributed by atoms with Crippen LogP contribution in [0.3, 0.4) is 0 Å². The Labute approximate surface area is 372 Å². The summed E-state index contributed by atoms with van der Waals surface area (Å²) in [5.74, 6) is 0. The molecule has 0 saturated heterocycles. The molecule has 0 aliphatic heterocycles. The maximum Gasteiger partial charge on any atom is 0.136 e. The predicted molar refractivity (Wildman–Crippen MR) is 271 cm³/mol. The summed E-state index contributed by atoms with van der Waals surface area (Å²) in [7, 11) is 0. The zero-order valence-corrected chi connectivity index (χ0v) is 35.0. The minimum absolute atomic E-state index is 0.874. The van der Waals surface area contributed by atoms with E-state index in [9.17, 15) is 0 Å². The third-order valence-corrected chi connectivity index (χ3v) is 12.7. The van der Waals surface area contributed by atoms with Crippen molar-refractivity contribution in [1.29, 1.82) is 0 Å². The minimum atomic E-state index is 0.874. The molecule has 0 aliphatic rings. The lowest BCUT2D eigenvalue weighted by atomic mass is 9.88. The first-order valence-electron chi connectivity index (χ1n) is 21.9. The van der Waals surface area contributed by atoms with Gasteiger partial charge in [-0.2, -0.15) is 0 Å². The molecule has 1 heterocycles. The molecule has 2 nitrogen and oxygen atoms in total. The first-order chi connectivity index (χ1) is 31.8. The van der Waals surface area contributed by atoms with Gasteiger partial charge in [0.25, 0.3) is 0 Å². The van der Waals surface area contributed by atoms with Crippen molar-refractivity contribution in [2.24, 2.45) is 0 Å². The van der Waals surface area contributed by atoms with Gasteiger partial charge < -0.3 is 9.32 Å². The molecule has 0 atom stereocenters. The highest BCUT2D eigenvalue weighted by atomic mass is 16.3. The number of anilines is 3. The number of rotatable bonds is 8. The standard InChI is InChI=1S/C62H41NO/c1-2-18-42(19-3-1)46-22-6-7-23-49(46)51-24-8-9-25-52(51)54-26-10-13-32-58(54)63(59-33-14-11-27-55(59)56-31-17-35-61-62(56)57-28-12-15-34-60(57)64-61)45-39-36-44(37-40-45)48-29-16-30-50-47-21-5-4-20-43(47)38-41-53(48)50/h1-41H. The summed E-state index contributed by atoms with van der Waals surface area (Å²) in [6.07, 6.45) is 0. The average Bonchev–Trinajstić information content (AvgIpc) is 3.76. The molecule has 0 radical (unpaired) electrons. The molecule has 64 heavy (non-hydrogen) atoms. The van der Waals surface area contributed by atoms with Crippen molar-refractivity contribution in [3.63, 3.8) is 0 Å². The van der Waals surface area contributed by atoms with Crippen LogP contribution in [0.4, 0.5) is 17.1 Å². The topological polar surface area (TPSA) is 16.4 Å². The number of furan rings is 1. The van der Waals surface area contributed by atoms with E-state index in [2.05, 4.69) is 248 Å². The van der Waals surface area contributed by atoms with Gasteiger partial charge in [0.05, 0.1) is 11.4 Å². The van der Waals surface area contributed by atoms with Gasteiger partial charge in [-0.15, -0.1) is 0 Å². The third-order valence-electron chi connectivity index (χ3n) is 12.7. The second-order valence-corrected chi connectivity index (χ2v) is 16.3. The van der Waals surface area contributed by atoms with Crippen LogP contribution in [0, 0.1) is 0 Å². The van der Waals surface area contributed by atoms with Gasteiger partial charge in [-0.25, -0.2) is 0 Å². The van der Waals surface area contributed by atoms with Crippen LogP contribution < -0.4 is 4.90 Å². The number of fused-ring (bicyclic) bond motifs is 6. The Bertz CT molecular complexity index is 3670. The van der Waals surface area contributed by atoms with Gasteiger partial charge in [0.2, 0.25) is 0 Å². The van der Waals surface area contributed by atoms with Crippen LogP contribution in [-0.4, -0.2) is 0 Å². The molecule has 0 aliphatic carbocycles. The second kappa shape index (κ2) is 15.8. The molecule has 0 amide bonds. The molecule has 0 unspecified atom stereocenters. The van der Waals surface area contributed by atoms with E-state index < -0.39 is 0 Å². The van der Waals surface area contributed by atoms with E-state index in [0.717, 1.165) is 61.3 Å². The van der Waals surface area contributed by atoms with Gasteiger partial charge >= 0.3 is 0 Å². The number of hydrogen-bond donors (Lipinski definition) is 0. The van der Waals surface area contributed by atoms with E-state index >= 15 is 0 Å². The fourth-order valence-corrected chi connectivity index (χ4v) is 9.82. The number of nitrogens with zero attached hydrogens (tertiary/aromatic N) is 1. The smallest absolute Gasteiger partial charge is 0.136 e. The quantitative estimate of drug-likeness (QED) is 0.142. The maximum atomic E-state index is 6.45. The summed E-state index contributed by atoms with van der Waals surface area (Å²) in [5.41, 5.74) is 16.6. The molecule has 300 valence electrons. The Hall–Kier alpha value is -8.46. The molecule has 0 N–H and O–H groups in total. The van der Waals surface area contributed by atoms with Crippen molar-refractivity contribution in [3.05, 3.63) is 249 Å². The maximum absolute atomic E-state index is 6.45. The van der Waals surface area contributed by atoms with Crippen LogP contribution in [0.15, 0.2) is 253 Å². The van der Waals surface area contributed by atoms with Gasteiger partial charge in [-0.05, 0) is 102 Å². The van der Waals surface area contributed by atoms with Crippen LogP contribution >= 0.6 is 0 Å². The highest BCUT2D eigenvalue weighted by Gasteiger charge is 2.24. The van der Waals surface area contributed by atoms with Crippen LogP contribution in [0.1, 0.15) is 0 Å². The molecule has 0 fully saturated rings. The number of benzene rings is 11. The Morgan fingerprint density at radius 1 is 0.250 bits per heavy atom. The Morgan fingerprint density at radius 2 is 0.734 bits per heavy atom. The minimum Gasteiger partial charge on any atom is -0.456 e.